The largest absolute Gasteiger partial charge is 0.456 e. The van der Waals surface area contributed by atoms with Crippen molar-refractivity contribution in [3.63, 3.8) is 0 Å². The standard InChI is InChI=1S/C52H32O.C50H31NO/c1-3-17-37-33(13-1)15-11-24-40(37)50-44-21-7-5-19-42(44)49(43-20-6-8-22-45(43)50)36-29-27-35(28-30-36)39-31-32-48-52(46-23-9-10-26-47(46)53-48)51(39)41-25-12-16-34-14-2-4-18-38(34)41;1-2-14-33(15-3-1)47-38-18-4-6-20-40(38)48(41-21-7-5-19-39(41)47)34-28-26-32(27-29-34)35-30-31-46-49(42-22-10-13-25-45(42)52-46)50(35)51-43-23-11-8-16-36(43)37-17-9-12-24-44(37)51/h1-32H;1-31H/i5D,6D,7D,8D,19D,20D,21D,22D;1D,2D,3D,4D,5D,6D,7D,14D,15D,18D,19D,20D,21D. The van der Waals surface area contributed by atoms with Crippen molar-refractivity contribution in [1.82, 2.24) is 4.57 Å². The van der Waals surface area contributed by atoms with Gasteiger partial charge >= 0.3 is 0 Å². The van der Waals surface area contributed by atoms with Gasteiger partial charge in [-0.2, -0.15) is 0 Å². The third-order valence-corrected chi connectivity index (χ3v) is 20.5. The van der Waals surface area contributed by atoms with E-state index < -0.39 is 108 Å². The molecule has 0 fully saturated rings. The topological polar surface area (TPSA) is 31.2 Å². The summed E-state index contributed by atoms with van der Waals surface area (Å²) in [5.74, 6) is 0. The third-order valence-electron chi connectivity index (χ3n) is 20.5. The molecular formula is C102H63NO2. The molecule has 0 amide bonds. The second-order valence-electron chi connectivity index (χ2n) is 26.0. The molecule has 0 aliphatic heterocycles. The molecular weight excluding hydrogens is 1270 g/mol. The minimum Gasteiger partial charge on any atom is -0.456 e. The number of aromatic nitrogens is 1. The van der Waals surface area contributed by atoms with Crippen molar-refractivity contribution in [2.24, 2.45) is 0 Å². The van der Waals surface area contributed by atoms with Crippen LogP contribution in [0.2, 0.25) is 0 Å². The Balaban J connectivity index is 0.000000154. The average molecular weight is 1360 g/mol. The number of hydrogen-bond donors (Lipinski definition) is 0. The summed E-state index contributed by atoms with van der Waals surface area (Å²) in [7, 11) is 0. The van der Waals surface area contributed by atoms with Crippen LogP contribution in [0.1, 0.15) is 28.8 Å². The van der Waals surface area contributed by atoms with Crippen LogP contribution in [0, 0.1) is 0 Å². The lowest BCUT2D eigenvalue weighted by atomic mass is 9.84. The highest BCUT2D eigenvalue weighted by atomic mass is 16.3. The van der Waals surface area contributed by atoms with Crippen molar-refractivity contribution >= 4 is 130 Å². The molecule has 3 aromatic heterocycles. The first kappa shape index (κ1) is 42.4. The highest BCUT2D eigenvalue weighted by Crippen LogP contribution is 2.51. The molecule has 22 rings (SSSR count). The van der Waals surface area contributed by atoms with E-state index in [1.807, 2.05) is 176 Å². The van der Waals surface area contributed by atoms with E-state index in [0.717, 1.165) is 121 Å². The molecule has 3 heterocycles. The first-order chi connectivity index (χ1) is 60.9. The Hall–Kier alpha value is -13.9. The molecule has 0 spiro atoms. The van der Waals surface area contributed by atoms with Gasteiger partial charge in [0.05, 0.1) is 50.9 Å². The van der Waals surface area contributed by atoms with E-state index in [-0.39, 0.29) is 78.4 Å². The molecule has 0 atom stereocenters. The lowest BCUT2D eigenvalue weighted by molar-refractivity contribution is 0.668. The van der Waals surface area contributed by atoms with E-state index >= 15 is 0 Å². The molecule has 22 aromatic rings. The summed E-state index contributed by atoms with van der Waals surface area (Å²) in [6, 6.07) is 71.8. The molecule has 0 saturated carbocycles. The SMILES string of the molecule is [2H]c1c([2H])c([2H])c(-c2c3c([2H])c([2H])c([2H])c([2H])c3c(-c3ccc(-c4ccc5oc6ccccc6c5c4-n4c5ccccc5c5ccccc54)cc3)c3c([2H])c([2H])c([2H])c([2H])c23)c([2H])c1[2H].[2H]c1c([2H])c([2H])c2c(-c3cccc4ccccc34)c3c([2H])c([2H])c([2H])c([2H])c3c(-c3ccc(-c4ccc5oc6ccccc6c5c4-c4cccc5ccccc45)cc3)c2c1[2H]. The number of para-hydroxylation sites is 4. The van der Waals surface area contributed by atoms with Gasteiger partial charge in [0.25, 0.3) is 0 Å². The van der Waals surface area contributed by atoms with Crippen LogP contribution in [-0.4, -0.2) is 4.57 Å². The van der Waals surface area contributed by atoms with E-state index in [1.54, 1.807) is 12.1 Å². The molecule has 0 bridgehead atoms. The molecule has 0 aliphatic rings. The van der Waals surface area contributed by atoms with Gasteiger partial charge in [-0.25, -0.2) is 0 Å². The number of hydrogen-bond acceptors (Lipinski definition) is 2. The van der Waals surface area contributed by atoms with Crippen molar-refractivity contribution < 1.29 is 37.6 Å². The minimum atomic E-state index is -0.717. The monoisotopic (exact) mass is 1350 g/mol. The fourth-order valence-electron chi connectivity index (χ4n) is 16.0. The zero-order valence-electron chi connectivity index (χ0n) is 76.5. The van der Waals surface area contributed by atoms with E-state index in [0.29, 0.717) is 33.4 Å². The lowest BCUT2D eigenvalue weighted by Crippen LogP contribution is -1.98. The highest BCUT2D eigenvalue weighted by Gasteiger charge is 2.25. The van der Waals surface area contributed by atoms with Gasteiger partial charge in [-0.15, -0.1) is 0 Å². The summed E-state index contributed by atoms with van der Waals surface area (Å²) >= 11 is 0. The van der Waals surface area contributed by atoms with Gasteiger partial charge in [0.15, 0.2) is 0 Å². The molecule has 3 nitrogen and oxygen atoms in total. The number of nitrogens with zero attached hydrogens (tertiary/aromatic N) is 1. The Bertz CT molecular complexity index is 8360. The third kappa shape index (κ3) is 9.60. The predicted octanol–water partition coefficient (Wildman–Crippen LogP) is 28.9. The van der Waals surface area contributed by atoms with E-state index in [2.05, 4.69) is 71.3 Å². The maximum atomic E-state index is 9.44. The second-order valence-corrected chi connectivity index (χ2v) is 26.0. The van der Waals surface area contributed by atoms with Crippen LogP contribution < -0.4 is 0 Å². The van der Waals surface area contributed by atoms with Crippen LogP contribution in [0.15, 0.2) is 391 Å². The van der Waals surface area contributed by atoms with Gasteiger partial charge in [-0.05, 0) is 174 Å². The Morgan fingerprint density at radius 2 is 0.543 bits per heavy atom. The Morgan fingerprint density at radius 3 is 1.03 bits per heavy atom. The maximum Gasteiger partial charge on any atom is 0.137 e. The van der Waals surface area contributed by atoms with Crippen LogP contribution in [0.25, 0.3) is 214 Å². The predicted molar refractivity (Wildman–Crippen MR) is 445 cm³/mol. The fraction of sp³-hybridized carbons (Fsp3) is 0. The van der Waals surface area contributed by atoms with Crippen molar-refractivity contribution in [3.05, 3.63) is 382 Å². The Labute approximate surface area is 635 Å². The minimum absolute atomic E-state index is 0.0653. The molecule has 19 aromatic carbocycles. The summed E-state index contributed by atoms with van der Waals surface area (Å²) < 4.78 is 204. The van der Waals surface area contributed by atoms with Gasteiger partial charge in [-0.3, -0.25) is 0 Å². The molecule has 488 valence electrons. The maximum absolute atomic E-state index is 9.44. The zero-order chi connectivity index (χ0) is 87.3. The van der Waals surface area contributed by atoms with E-state index in [9.17, 15) is 11.0 Å². The second kappa shape index (κ2) is 24.5. The Morgan fingerprint density at radius 1 is 0.200 bits per heavy atom. The molecule has 0 saturated heterocycles. The quantitative estimate of drug-likeness (QED) is 0.142. The first-order valence-corrected chi connectivity index (χ1v) is 34.4. The fourth-order valence-corrected chi connectivity index (χ4v) is 16.0. The summed E-state index contributed by atoms with van der Waals surface area (Å²) in [5.41, 5.74) is 12.7. The summed E-state index contributed by atoms with van der Waals surface area (Å²) in [6.45, 7) is 0. The summed E-state index contributed by atoms with van der Waals surface area (Å²) in [5, 5.41) is 9.73. The lowest BCUT2D eigenvalue weighted by Gasteiger charge is -2.19. The van der Waals surface area contributed by atoms with Crippen LogP contribution in [0.3, 0.4) is 0 Å². The number of furan rings is 2. The number of fused-ring (bicyclic) bond motifs is 15. The van der Waals surface area contributed by atoms with Crippen molar-refractivity contribution in [2.45, 2.75) is 0 Å². The molecule has 0 radical (unpaired) electrons. The summed E-state index contributed by atoms with van der Waals surface area (Å²) in [6.07, 6.45) is 0. The average Bonchev–Trinajstić information content (AvgIpc) is 1.51. The van der Waals surface area contributed by atoms with Crippen molar-refractivity contribution in [2.75, 3.05) is 0 Å². The van der Waals surface area contributed by atoms with Gasteiger partial charge in [0, 0.05) is 38.1 Å². The van der Waals surface area contributed by atoms with Crippen molar-refractivity contribution in [1.29, 1.82) is 0 Å². The van der Waals surface area contributed by atoms with Gasteiger partial charge in [0.1, 0.15) is 22.3 Å². The van der Waals surface area contributed by atoms with Crippen LogP contribution >= 0.6 is 0 Å². The van der Waals surface area contributed by atoms with E-state index in [1.165, 1.54) is 0 Å². The highest BCUT2D eigenvalue weighted by molar-refractivity contribution is 6.26. The number of rotatable bonds is 8. The van der Waals surface area contributed by atoms with Gasteiger partial charge < -0.3 is 13.4 Å². The molecule has 0 N–H and O–H groups in total. The molecule has 0 aliphatic carbocycles. The van der Waals surface area contributed by atoms with Crippen LogP contribution in [-0.2, 0) is 0 Å². The zero-order valence-corrected chi connectivity index (χ0v) is 55.5. The molecule has 0 unspecified atom stereocenters. The Kier molecular flexibility index (Phi) is 9.88. The van der Waals surface area contributed by atoms with Crippen LogP contribution in [0.5, 0.6) is 0 Å². The molecule has 3 heteroatoms. The molecule has 105 heavy (non-hydrogen) atoms. The van der Waals surface area contributed by atoms with Gasteiger partial charge in [-0.1, -0.05) is 339 Å². The van der Waals surface area contributed by atoms with Crippen LogP contribution in [0.4, 0.5) is 0 Å². The first-order valence-electron chi connectivity index (χ1n) is 44.9. The smallest absolute Gasteiger partial charge is 0.137 e. The number of benzene rings is 19. The van der Waals surface area contributed by atoms with Gasteiger partial charge in [0.2, 0.25) is 0 Å². The normalized spacial score (nSPS) is 14.6. The van der Waals surface area contributed by atoms with E-state index in [4.69, 9.17) is 26.7 Å². The van der Waals surface area contributed by atoms with Crippen molar-refractivity contribution in [3.8, 4) is 83.6 Å². The summed E-state index contributed by atoms with van der Waals surface area (Å²) in [4.78, 5) is 0.